The first-order valence-electron chi connectivity index (χ1n) is 10.5. The fraction of sp³-hybridized carbons (Fsp3) is 0.435. The number of alkyl halides is 6. The number of carbonyl (C=O) groups excluding carboxylic acids is 1. The number of benzene rings is 2. The van der Waals surface area contributed by atoms with Crippen molar-refractivity contribution in [2.75, 3.05) is 13.2 Å². The summed E-state index contributed by atoms with van der Waals surface area (Å²) in [6.45, 7) is 4.66. The molecule has 184 valence electrons. The van der Waals surface area contributed by atoms with Crippen molar-refractivity contribution in [3.63, 3.8) is 0 Å². The van der Waals surface area contributed by atoms with E-state index in [4.69, 9.17) is 9.47 Å². The monoisotopic (exact) mass is 502 g/mol. The van der Waals surface area contributed by atoms with Gasteiger partial charge in [0.25, 0.3) is 0 Å². The van der Waals surface area contributed by atoms with Gasteiger partial charge >= 0.3 is 31.2 Å². The van der Waals surface area contributed by atoms with Crippen molar-refractivity contribution in [2.24, 2.45) is 0 Å². The third-order valence-electron chi connectivity index (χ3n) is 4.63. The molecule has 2 rings (SSSR count). The molecule has 2 aromatic rings. The Labute approximate surface area is 208 Å². The molecular formula is C23H26F6LiO3P. The number of ether oxygens (including phenoxy) is 2. The summed E-state index contributed by atoms with van der Waals surface area (Å²) in [5.74, 6) is 0.657. The van der Waals surface area contributed by atoms with Crippen LogP contribution in [0.2, 0.25) is 0 Å². The summed E-state index contributed by atoms with van der Waals surface area (Å²) in [6.07, 6.45) is -7.01. The van der Waals surface area contributed by atoms with Crippen LogP contribution in [0.15, 0.2) is 36.4 Å². The molecule has 0 aliphatic heterocycles. The summed E-state index contributed by atoms with van der Waals surface area (Å²) < 4.78 is 92.0. The molecule has 0 saturated carbocycles. The molecule has 1 unspecified atom stereocenters. The van der Waals surface area contributed by atoms with Gasteiger partial charge in [0.1, 0.15) is 11.5 Å². The van der Waals surface area contributed by atoms with E-state index in [2.05, 4.69) is 0 Å². The van der Waals surface area contributed by atoms with Crippen molar-refractivity contribution in [2.45, 2.75) is 51.9 Å². The molecule has 0 N–H and O–H groups in total. The third kappa shape index (κ3) is 8.52. The van der Waals surface area contributed by atoms with Crippen LogP contribution < -0.4 is 14.8 Å². The molecule has 2 aromatic carbocycles. The Morgan fingerprint density at radius 3 is 1.88 bits per heavy atom. The van der Waals surface area contributed by atoms with Crippen LogP contribution in [0.25, 0.3) is 0 Å². The number of halogens is 6. The Balaban J connectivity index is 0.00000578. The van der Waals surface area contributed by atoms with Gasteiger partial charge in [-0.05, 0) is 45.7 Å². The van der Waals surface area contributed by atoms with Gasteiger partial charge in [-0.1, -0.05) is 32.8 Å². The minimum atomic E-state index is -5.12. The average Bonchev–Trinajstić information content (AvgIpc) is 2.74. The molecule has 0 heterocycles. The summed E-state index contributed by atoms with van der Waals surface area (Å²) in [5, 5.41) is 0.212. The number of hydrogen-bond acceptors (Lipinski definition) is 3. The van der Waals surface area contributed by atoms with Gasteiger partial charge < -0.3 is 9.47 Å². The Morgan fingerprint density at radius 1 is 0.853 bits per heavy atom. The van der Waals surface area contributed by atoms with E-state index >= 15 is 0 Å². The molecule has 0 fully saturated rings. The molecule has 1 atom stereocenters. The van der Waals surface area contributed by atoms with Crippen LogP contribution in [-0.2, 0) is 12.4 Å². The van der Waals surface area contributed by atoms with E-state index in [1.54, 1.807) is 0 Å². The van der Waals surface area contributed by atoms with Gasteiger partial charge in [-0.3, -0.25) is 4.79 Å². The van der Waals surface area contributed by atoms with E-state index in [0.717, 1.165) is 19.3 Å². The van der Waals surface area contributed by atoms with E-state index in [-0.39, 0.29) is 36.5 Å². The first-order valence-corrected chi connectivity index (χ1v) is 11.5. The molecule has 0 aromatic heterocycles. The summed E-state index contributed by atoms with van der Waals surface area (Å²) in [5.41, 5.74) is -5.86. The second-order valence-electron chi connectivity index (χ2n) is 7.24. The second kappa shape index (κ2) is 13.4. The van der Waals surface area contributed by atoms with Gasteiger partial charge in [-0.2, -0.15) is 26.3 Å². The maximum atomic E-state index is 13.4. The van der Waals surface area contributed by atoms with E-state index in [1.807, 2.05) is 13.8 Å². The van der Waals surface area contributed by atoms with Crippen molar-refractivity contribution < 1.29 is 40.6 Å². The van der Waals surface area contributed by atoms with Crippen LogP contribution in [0.4, 0.5) is 26.3 Å². The zero-order valence-electron chi connectivity index (χ0n) is 18.2. The number of rotatable bonds is 11. The van der Waals surface area contributed by atoms with Gasteiger partial charge in [-0.25, -0.2) is 0 Å². The van der Waals surface area contributed by atoms with E-state index in [1.165, 1.54) is 18.2 Å². The van der Waals surface area contributed by atoms with Crippen molar-refractivity contribution >= 4 is 38.3 Å². The van der Waals surface area contributed by atoms with Crippen LogP contribution in [0, 0.1) is 0 Å². The summed E-state index contributed by atoms with van der Waals surface area (Å²) in [4.78, 5) is 12.9. The first-order chi connectivity index (χ1) is 15.5. The molecule has 3 nitrogen and oxygen atoms in total. The van der Waals surface area contributed by atoms with Gasteiger partial charge in [0, 0.05) is 16.9 Å². The third-order valence-corrected chi connectivity index (χ3v) is 5.79. The fourth-order valence-corrected chi connectivity index (χ4v) is 4.00. The zero-order valence-corrected chi connectivity index (χ0v) is 19.2. The van der Waals surface area contributed by atoms with Crippen LogP contribution in [0.5, 0.6) is 11.5 Å². The molecule has 0 aliphatic rings. The standard InChI is InChI=1S/C23H25F6O3P.Li.H/c1-3-5-12-31-15-10-11-19(18(14-15)32-13-6-4-2)33-21(30)20-16(22(24,25)26)8-7-9-17(20)23(27,28)29;;/h7-11,14,33H,3-6,12-13H2,1-2H3;;. The summed E-state index contributed by atoms with van der Waals surface area (Å²) in [6, 6.07) is 6.10. The SMILES string of the molecule is CCCCOc1ccc(PC(=O)c2c(C(F)(F)F)cccc2C(F)(F)F)c(OCCCC)c1.[LiH]. The minimum absolute atomic E-state index is 0. The number of hydrogen-bond donors (Lipinski definition) is 0. The molecule has 0 radical (unpaired) electrons. The first kappa shape index (κ1) is 30.3. The summed E-state index contributed by atoms with van der Waals surface area (Å²) >= 11 is 0. The molecule has 0 saturated heterocycles. The maximum absolute atomic E-state index is 13.4. The Hall–Kier alpha value is -1.68. The van der Waals surface area contributed by atoms with Gasteiger partial charge in [0.05, 0.1) is 24.3 Å². The molecule has 0 bridgehead atoms. The van der Waals surface area contributed by atoms with Crippen LogP contribution >= 0.6 is 8.58 Å². The quantitative estimate of drug-likeness (QED) is 0.151. The van der Waals surface area contributed by atoms with Crippen LogP contribution in [0.1, 0.15) is 61.0 Å². The van der Waals surface area contributed by atoms with Crippen molar-refractivity contribution in [1.82, 2.24) is 0 Å². The van der Waals surface area contributed by atoms with Gasteiger partial charge in [0.2, 0.25) is 0 Å². The molecule has 0 spiro atoms. The molecule has 34 heavy (non-hydrogen) atoms. The molecule has 0 aliphatic carbocycles. The Kier molecular flexibility index (Phi) is 12.0. The molecule has 0 amide bonds. The van der Waals surface area contributed by atoms with Crippen molar-refractivity contribution in [3.8, 4) is 11.5 Å². The normalized spacial score (nSPS) is 12.0. The number of carbonyl (C=O) groups is 1. The molecule has 11 heteroatoms. The van der Waals surface area contributed by atoms with Crippen molar-refractivity contribution in [3.05, 3.63) is 53.1 Å². The predicted octanol–water partition coefficient (Wildman–Crippen LogP) is 6.58. The summed E-state index contributed by atoms with van der Waals surface area (Å²) in [7, 11) is -1.00. The van der Waals surface area contributed by atoms with E-state index in [0.29, 0.717) is 37.0 Å². The predicted molar refractivity (Wildman–Crippen MR) is 123 cm³/mol. The Bertz CT molecular complexity index is 915. The fourth-order valence-electron chi connectivity index (χ4n) is 2.93. The van der Waals surface area contributed by atoms with Crippen LogP contribution in [0.3, 0.4) is 0 Å². The second-order valence-corrected chi connectivity index (χ2v) is 8.48. The van der Waals surface area contributed by atoms with Crippen LogP contribution in [-0.4, -0.2) is 37.6 Å². The Morgan fingerprint density at radius 2 is 1.38 bits per heavy atom. The zero-order chi connectivity index (χ0) is 24.6. The van der Waals surface area contributed by atoms with E-state index < -0.39 is 43.1 Å². The van der Waals surface area contributed by atoms with E-state index in [9.17, 15) is 31.1 Å². The van der Waals surface area contributed by atoms with Gasteiger partial charge in [-0.15, -0.1) is 0 Å². The van der Waals surface area contributed by atoms with Crippen molar-refractivity contribution in [1.29, 1.82) is 0 Å². The molecular weight excluding hydrogens is 476 g/mol. The average molecular weight is 502 g/mol. The number of unbranched alkanes of at least 4 members (excludes halogenated alkanes) is 2. The van der Waals surface area contributed by atoms with Gasteiger partial charge in [0.15, 0.2) is 5.52 Å². The topological polar surface area (TPSA) is 35.5 Å².